The number of hydrogen-bond acceptors (Lipinski definition) is 4. The fraction of sp³-hybridized carbons (Fsp3) is 0.588. The zero-order valence-electron chi connectivity index (χ0n) is 14.5. The van der Waals surface area contributed by atoms with E-state index in [9.17, 15) is 13.2 Å². The van der Waals surface area contributed by atoms with Gasteiger partial charge in [0.1, 0.15) is 0 Å². The zero-order valence-corrected chi connectivity index (χ0v) is 16.2. The maximum absolute atomic E-state index is 13.0. The minimum atomic E-state index is -3.79. The lowest BCUT2D eigenvalue weighted by Crippen LogP contribution is -2.44. The van der Waals surface area contributed by atoms with Gasteiger partial charge in [-0.15, -0.1) is 12.4 Å². The number of halogens is 1. The summed E-state index contributed by atoms with van der Waals surface area (Å²) in [7, 11) is -3.79. The Morgan fingerprint density at radius 1 is 1.35 bits per heavy atom. The second kappa shape index (κ2) is 6.99. The standard InChI is InChI=1S/C17H24N4O3S.ClH/c18-25(23,24)21-8-6-12-4-5-14(9-15(12)21)20-16(22)17-7-2-1-3-13(17)10-19-11-17;/h4-5,9,13,19H,1-3,6-8,10-11H2,(H,20,22)(H2,18,23,24);1H/t13-,17+;/m0./s1. The second-order valence-corrected chi connectivity index (χ2v) is 8.87. The van der Waals surface area contributed by atoms with Crippen LogP contribution in [0.1, 0.15) is 31.2 Å². The minimum Gasteiger partial charge on any atom is -0.325 e. The number of rotatable bonds is 3. The summed E-state index contributed by atoms with van der Waals surface area (Å²) >= 11 is 0. The van der Waals surface area contributed by atoms with E-state index in [1.807, 2.05) is 12.1 Å². The molecule has 2 fully saturated rings. The highest BCUT2D eigenvalue weighted by molar-refractivity contribution is 7.90. The highest BCUT2D eigenvalue weighted by Gasteiger charge is 2.49. The average molecular weight is 401 g/mol. The number of carbonyl (C=O) groups excluding carboxylic acids is 1. The summed E-state index contributed by atoms with van der Waals surface area (Å²) in [6, 6.07) is 5.45. The molecule has 2 heterocycles. The Morgan fingerprint density at radius 2 is 2.15 bits per heavy atom. The van der Waals surface area contributed by atoms with Gasteiger partial charge in [0.2, 0.25) is 5.91 Å². The van der Waals surface area contributed by atoms with Gasteiger partial charge in [-0.25, -0.2) is 5.14 Å². The first-order valence-corrected chi connectivity index (χ1v) is 10.4. The number of anilines is 2. The third-order valence-corrected chi connectivity index (χ3v) is 6.99. The van der Waals surface area contributed by atoms with E-state index in [4.69, 9.17) is 5.14 Å². The molecule has 0 radical (unpaired) electrons. The van der Waals surface area contributed by atoms with Crippen molar-refractivity contribution in [3.63, 3.8) is 0 Å². The molecule has 1 saturated carbocycles. The smallest absolute Gasteiger partial charge is 0.299 e. The van der Waals surface area contributed by atoms with Crippen molar-refractivity contribution in [3.8, 4) is 0 Å². The maximum Gasteiger partial charge on any atom is 0.299 e. The highest BCUT2D eigenvalue weighted by atomic mass is 35.5. The van der Waals surface area contributed by atoms with E-state index in [1.54, 1.807) is 6.07 Å². The van der Waals surface area contributed by atoms with Crippen molar-refractivity contribution in [2.75, 3.05) is 29.3 Å². The van der Waals surface area contributed by atoms with Crippen LogP contribution in [-0.2, 0) is 21.4 Å². The maximum atomic E-state index is 13.0. The van der Waals surface area contributed by atoms with Crippen molar-refractivity contribution >= 4 is 39.9 Å². The van der Waals surface area contributed by atoms with E-state index in [1.165, 1.54) is 10.7 Å². The molecule has 0 spiro atoms. The molecule has 0 bridgehead atoms. The quantitative estimate of drug-likeness (QED) is 0.713. The molecule has 1 aromatic carbocycles. The van der Waals surface area contributed by atoms with Crippen LogP contribution in [0, 0.1) is 11.3 Å². The van der Waals surface area contributed by atoms with E-state index >= 15 is 0 Å². The zero-order chi connectivity index (χ0) is 17.7. The van der Waals surface area contributed by atoms with Gasteiger partial charge in [0.25, 0.3) is 10.2 Å². The Morgan fingerprint density at radius 3 is 2.92 bits per heavy atom. The second-order valence-electron chi connectivity index (χ2n) is 7.39. The first-order chi connectivity index (χ1) is 11.9. The van der Waals surface area contributed by atoms with Crippen LogP contribution in [0.5, 0.6) is 0 Å². The van der Waals surface area contributed by atoms with Crippen molar-refractivity contribution in [2.24, 2.45) is 16.5 Å². The molecule has 0 aromatic heterocycles. The van der Waals surface area contributed by atoms with E-state index in [0.29, 0.717) is 30.3 Å². The lowest BCUT2D eigenvalue weighted by molar-refractivity contribution is -0.128. The molecule has 1 aliphatic carbocycles. The number of hydrogen-bond donors (Lipinski definition) is 3. The normalized spacial score (nSPS) is 27.4. The molecule has 144 valence electrons. The highest BCUT2D eigenvalue weighted by Crippen LogP contribution is 2.44. The van der Waals surface area contributed by atoms with Crippen molar-refractivity contribution in [3.05, 3.63) is 23.8 Å². The molecule has 1 saturated heterocycles. The van der Waals surface area contributed by atoms with Crippen LogP contribution in [0.25, 0.3) is 0 Å². The first-order valence-electron chi connectivity index (χ1n) is 8.86. The molecule has 2 aliphatic heterocycles. The minimum absolute atomic E-state index is 0. The Kier molecular flexibility index (Phi) is 5.22. The lowest BCUT2D eigenvalue weighted by atomic mass is 9.67. The predicted octanol–water partition coefficient (Wildman–Crippen LogP) is 1.39. The third-order valence-electron chi connectivity index (χ3n) is 5.99. The molecule has 4 N–H and O–H groups in total. The summed E-state index contributed by atoms with van der Waals surface area (Å²) in [6.45, 7) is 1.97. The molecular formula is C17H25ClN4O3S. The van der Waals surface area contributed by atoms with Crippen LogP contribution in [0.2, 0.25) is 0 Å². The number of benzene rings is 1. The van der Waals surface area contributed by atoms with Crippen molar-refractivity contribution in [2.45, 2.75) is 32.1 Å². The van der Waals surface area contributed by atoms with E-state index in [0.717, 1.165) is 37.9 Å². The van der Waals surface area contributed by atoms with E-state index in [-0.39, 0.29) is 23.7 Å². The largest absolute Gasteiger partial charge is 0.325 e. The average Bonchev–Trinajstić information content (AvgIpc) is 3.18. The fourth-order valence-corrected chi connectivity index (χ4v) is 5.43. The number of nitrogens with one attached hydrogen (secondary N) is 2. The molecule has 7 nitrogen and oxygen atoms in total. The van der Waals surface area contributed by atoms with Crippen LogP contribution >= 0.6 is 12.4 Å². The van der Waals surface area contributed by atoms with Crippen molar-refractivity contribution < 1.29 is 13.2 Å². The van der Waals surface area contributed by atoms with Gasteiger partial charge in [-0.1, -0.05) is 18.9 Å². The van der Waals surface area contributed by atoms with Gasteiger partial charge >= 0.3 is 0 Å². The van der Waals surface area contributed by atoms with Crippen LogP contribution in [-0.4, -0.2) is 34.0 Å². The van der Waals surface area contributed by atoms with Crippen LogP contribution in [0.4, 0.5) is 11.4 Å². The summed E-state index contributed by atoms with van der Waals surface area (Å²) in [5.41, 5.74) is 1.80. The number of amides is 1. The van der Waals surface area contributed by atoms with E-state index < -0.39 is 10.2 Å². The van der Waals surface area contributed by atoms with Gasteiger partial charge in [-0.05, 0) is 49.4 Å². The summed E-state index contributed by atoms with van der Waals surface area (Å²) in [5.74, 6) is 0.430. The van der Waals surface area contributed by atoms with Crippen LogP contribution in [0.15, 0.2) is 18.2 Å². The predicted molar refractivity (Wildman–Crippen MR) is 104 cm³/mol. The molecule has 3 aliphatic rings. The number of carbonyl (C=O) groups is 1. The molecule has 1 aromatic rings. The Balaban J connectivity index is 0.00000196. The lowest BCUT2D eigenvalue weighted by Gasteiger charge is -2.37. The van der Waals surface area contributed by atoms with Gasteiger partial charge in [0.05, 0.1) is 11.1 Å². The summed E-state index contributed by atoms with van der Waals surface area (Å²) < 4.78 is 24.7. The molecule has 26 heavy (non-hydrogen) atoms. The molecular weight excluding hydrogens is 376 g/mol. The van der Waals surface area contributed by atoms with Crippen LogP contribution in [0.3, 0.4) is 0 Å². The number of nitrogens with zero attached hydrogens (tertiary/aromatic N) is 1. The monoisotopic (exact) mass is 400 g/mol. The van der Waals surface area contributed by atoms with Gasteiger partial charge in [0, 0.05) is 18.8 Å². The summed E-state index contributed by atoms with van der Waals surface area (Å²) in [4.78, 5) is 13.0. The number of fused-ring (bicyclic) bond motifs is 2. The molecule has 9 heteroatoms. The SMILES string of the molecule is Cl.NS(=O)(=O)N1CCc2ccc(NC(=O)[C@@]34CCCC[C@H]3CNC4)cc21. The Hall–Kier alpha value is -1.35. The summed E-state index contributed by atoms with van der Waals surface area (Å²) in [6.07, 6.45) is 4.89. The number of nitrogens with two attached hydrogens (primary N) is 1. The first kappa shape index (κ1) is 19.4. The Labute approximate surface area is 160 Å². The third kappa shape index (κ3) is 3.19. The fourth-order valence-electron chi connectivity index (χ4n) is 4.64. The van der Waals surface area contributed by atoms with E-state index in [2.05, 4.69) is 10.6 Å². The van der Waals surface area contributed by atoms with Gasteiger partial charge in [0.15, 0.2) is 0 Å². The van der Waals surface area contributed by atoms with Gasteiger partial charge < -0.3 is 10.6 Å². The molecule has 1 amide bonds. The Bertz CT molecular complexity index is 816. The van der Waals surface area contributed by atoms with Crippen LogP contribution < -0.4 is 20.1 Å². The van der Waals surface area contributed by atoms with Crippen molar-refractivity contribution in [1.29, 1.82) is 0 Å². The molecule has 4 rings (SSSR count). The van der Waals surface area contributed by atoms with Gasteiger partial charge in [-0.2, -0.15) is 8.42 Å². The molecule has 0 unspecified atom stereocenters. The molecule has 2 atom stereocenters. The topological polar surface area (TPSA) is 105 Å². The van der Waals surface area contributed by atoms with Gasteiger partial charge in [-0.3, -0.25) is 9.10 Å². The summed E-state index contributed by atoms with van der Waals surface area (Å²) in [5, 5.41) is 11.7. The van der Waals surface area contributed by atoms with Crippen molar-refractivity contribution in [1.82, 2.24) is 5.32 Å².